The third kappa shape index (κ3) is 3.04. The molecule has 1 saturated heterocycles. The maximum absolute atomic E-state index is 13.7. The molecule has 1 aliphatic heterocycles. The fraction of sp³-hybridized carbons (Fsp3) is 0.588. The van der Waals surface area contributed by atoms with Gasteiger partial charge in [0.15, 0.2) is 5.96 Å². The van der Waals surface area contributed by atoms with Gasteiger partial charge >= 0.3 is 0 Å². The minimum atomic E-state index is -0.158. The standard InChI is InChI=1S/C17H24FN3/c1-19-16(20-12-14-6-2-3-7-15(14)18)21-11-10-17(13-21)8-4-5-9-17/h2-3,6-7H,4-5,8-13H2,1H3,(H,19,20). The van der Waals surface area contributed by atoms with Crippen LogP contribution >= 0.6 is 0 Å². The van der Waals surface area contributed by atoms with E-state index in [0.29, 0.717) is 17.5 Å². The average Bonchev–Trinajstić information content (AvgIpc) is 3.12. The Morgan fingerprint density at radius 1 is 1.29 bits per heavy atom. The number of hydrogen-bond acceptors (Lipinski definition) is 1. The summed E-state index contributed by atoms with van der Waals surface area (Å²) < 4.78 is 13.7. The van der Waals surface area contributed by atoms with Crippen molar-refractivity contribution in [2.24, 2.45) is 10.4 Å². The van der Waals surface area contributed by atoms with Crippen LogP contribution in [0.4, 0.5) is 4.39 Å². The van der Waals surface area contributed by atoms with Crippen molar-refractivity contribution >= 4 is 5.96 Å². The van der Waals surface area contributed by atoms with Gasteiger partial charge in [-0.1, -0.05) is 31.0 Å². The van der Waals surface area contributed by atoms with E-state index in [0.717, 1.165) is 19.0 Å². The van der Waals surface area contributed by atoms with Crippen LogP contribution in [0, 0.1) is 11.2 Å². The Labute approximate surface area is 126 Å². The monoisotopic (exact) mass is 289 g/mol. The van der Waals surface area contributed by atoms with Crippen LogP contribution in [0.1, 0.15) is 37.7 Å². The van der Waals surface area contributed by atoms with Gasteiger partial charge in [0.1, 0.15) is 5.82 Å². The number of guanidine groups is 1. The normalized spacial score (nSPS) is 21.2. The highest BCUT2D eigenvalue weighted by Gasteiger charge is 2.41. The summed E-state index contributed by atoms with van der Waals surface area (Å²) in [6, 6.07) is 6.91. The molecule has 1 aromatic rings. The summed E-state index contributed by atoms with van der Waals surface area (Å²) in [4.78, 5) is 6.72. The van der Waals surface area contributed by atoms with E-state index in [4.69, 9.17) is 0 Å². The Hall–Kier alpha value is -1.58. The highest BCUT2D eigenvalue weighted by Crippen LogP contribution is 2.45. The van der Waals surface area contributed by atoms with E-state index in [1.54, 1.807) is 6.07 Å². The van der Waals surface area contributed by atoms with E-state index in [2.05, 4.69) is 15.2 Å². The van der Waals surface area contributed by atoms with Crippen LogP contribution in [0.25, 0.3) is 0 Å². The number of benzene rings is 1. The first kappa shape index (κ1) is 14.4. The van der Waals surface area contributed by atoms with Gasteiger partial charge in [0.25, 0.3) is 0 Å². The largest absolute Gasteiger partial charge is 0.352 e. The van der Waals surface area contributed by atoms with E-state index >= 15 is 0 Å². The zero-order chi connectivity index (χ0) is 14.7. The molecular weight excluding hydrogens is 265 g/mol. The summed E-state index contributed by atoms with van der Waals surface area (Å²) in [6.07, 6.45) is 6.72. The Kier molecular flexibility index (Phi) is 4.13. The Balaban J connectivity index is 1.60. The molecule has 3 nitrogen and oxygen atoms in total. The molecule has 0 aromatic heterocycles. The molecular formula is C17H24FN3. The molecule has 1 aliphatic carbocycles. The molecule has 1 heterocycles. The minimum absolute atomic E-state index is 0.158. The molecule has 0 amide bonds. The van der Waals surface area contributed by atoms with Crippen molar-refractivity contribution in [1.29, 1.82) is 0 Å². The van der Waals surface area contributed by atoms with Crippen LogP contribution < -0.4 is 5.32 Å². The molecule has 0 bridgehead atoms. The quantitative estimate of drug-likeness (QED) is 0.669. The first-order valence-electron chi connectivity index (χ1n) is 7.91. The molecule has 4 heteroatoms. The second kappa shape index (κ2) is 6.04. The van der Waals surface area contributed by atoms with Gasteiger partial charge in [-0.15, -0.1) is 0 Å². The highest BCUT2D eigenvalue weighted by molar-refractivity contribution is 5.80. The molecule has 2 fully saturated rings. The Morgan fingerprint density at radius 2 is 2.05 bits per heavy atom. The van der Waals surface area contributed by atoms with Crippen molar-refractivity contribution in [2.45, 2.75) is 38.6 Å². The number of nitrogens with zero attached hydrogens (tertiary/aromatic N) is 2. The van der Waals surface area contributed by atoms with E-state index in [9.17, 15) is 4.39 Å². The van der Waals surface area contributed by atoms with E-state index in [1.165, 1.54) is 38.2 Å². The smallest absolute Gasteiger partial charge is 0.193 e. The van der Waals surface area contributed by atoms with Crippen LogP contribution in [-0.4, -0.2) is 31.0 Å². The fourth-order valence-corrected chi connectivity index (χ4v) is 3.80. The number of hydrogen-bond donors (Lipinski definition) is 1. The van der Waals surface area contributed by atoms with Crippen LogP contribution in [0.3, 0.4) is 0 Å². The number of aliphatic imine (C=N–C) groups is 1. The van der Waals surface area contributed by atoms with Crippen molar-refractivity contribution in [1.82, 2.24) is 10.2 Å². The lowest BCUT2D eigenvalue weighted by molar-refractivity contribution is 0.309. The van der Waals surface area contributed by atoms with Crippen LogP contribution in [0.5, 0.6) is 0 Å². The zero-order valence-corrected chi connectivity index (χ0v) is 12.7. The summed E-state index contributed by atoms with van der Waals surface area (Å²) in [5.41, 5.74) is 1.21. The molecule has 0 atom stereocenters. The van der Waals surface area contributed by atoms with Gasteiger partial charge < -0.3 is 10.2 Å². The highest BCUT2D eigenvalue weighted by atomic mass is 19.1. The number of nitrogens with one attached hydrogen (secondary N) is 1. The lowest BCUT2D eigenvalue weighted by Gasteiger charge is -2.26. The van der Waals surface area contributed by atoms with Crippen LogP contribution in [-0.2, 0) is 6.54 Å². The third-order valence-electron chi connectivity index (χ3n) is 5.01. The fourth-order valence-electron chi connectivity index (χ4n) is 3.80. The SMILES string of the molecule is CN=C(NCc1ccccc1F)N1CCC2(CCCC2)C1. The molecule has 1 saturated carbocycles. The van der Waals surface area contributed by atoms with Crippen molar-refractivity contribution in [3.8, 4) is 0 Å². The summed E-state index contributed by atoms with van der Waals surface area (Å²) in [6.45, 7) is 2.66. The van der Waals surface area contributed by atoms with E-state index in [-0.39, 0.29) is 5.82 Å². The summed E-state index contributed by atoms with van der Waals surface area (Å²) in [5, 5.41) is 3.31. The van der Waals surface area contributed by atoms with E-state index < -0.39 is 0 Å². The number of likely N-dealkylation sites (tertiary alicyclic amines) is 1. The molecule has 1 N–H and O–H groups in total. The van der Waals surface area contributed by atoms with Crippen molar-refractivity contribution in [3.63, 3.8) is 0 Å². The van der Waals surface area contributed by atoms with E-state index in [1.807, 2.05) is 19.2 Å². The van der Waals surface area contributed by atoms with Gasteiger partial charge in [-0.05, 0) is 30.7 Å². The van der Waals surface area contributed by atoms with Gasteiger partial charge in [-0.25, -0.2) is 4.39 Å². The predicted octanol–water partition coefficient (Wildman–Crippen LogP) is 3.17. The van der Waals surface area contributed by atoms with Crippen molar-refractivity contribution < 1.29 is 4.39 Å². The molecule has 2 aliphatic rings. The molecule has 21 heavy (non-hydrogen) atoms. The number of halogens is 1. The Bertz CT molecular complexity index is 521. The molecule has 3 rings (SSSR count). The summed E-state index contributed by atoms with van der Waals surface area (Å²) in [5.74, 6) is 0.746. The Morgan fingerprint density at radius 3 is 2.76 bits per heavy atom. The van der Waals surface area contributed by atoms with Crippen molar-refractivity contribution in [3.05, 3.63) is 35.6 Å². The molecule has 0 radical (unpaired) electrons. The first-order chi connectivity index (χ1) is 10.2. The second-order valence-electron chi connectivity index (χ2n) is 6.37. The predicted molar refractivity (Wildman–Crippen MR) is 83.7 cm³/mol. The van der Waals surface area contributed by atoms with Gasteiger partial charge in [-0.3, -0.25) is 4.99 Å². The summed E-state index contributed by atoms with van der Waals surface area (Å²) >= 11 is 0. The minimum Gasteiger partial charge on any atom is -0.352 e. The van der Waals surface area contributed by atoms with Gasteiger partial charge in [-0.2, -0.15) is 0 Å². The topological polar surface area (TPSA) is 27.6 Å². The molecule has 114 valence electrons. The second-order valence-corrected chi connectivity index (χ2v) is 6.37. The van der Waals surface area contributed by atoms with Gasteiger partial charge in [0.2, 0.25) is 0 Å². The maximum atomic E-state index is 13.7. The van der Waals surface area contributed by atoms with Crippen molar-refractivity contribution in [2.75, 3.05) is 20.1 Å². The van der Waals surface area contributed by atoms with Crippen LogP contribution in [0.15, 0.2) is 29.3 Å². The molecule has 0 unspecified atom stereocenters. The lowest BCUT2D eigenvalue weighted by Crippen LogP contribution is -2.40. The molecule has 1 aromatic carbocycles. The van der Waals surface area contributed by atoms with Gasteiger partial charge in [0.05, 0.1) is 0 Å². The van der Waals surface area contributed by atoms with Crippen LogP contribution in [0.2, 0.25) is 0 Å². The number of rotatable bonds is 2. The lowest BCUT2D eigenvalue weighted by atomic mass is 9.86. The maximum Gasteiger partial charge on any atom is 0.193 e. The zero-order valence-electron chi connectivity index (χ0n) is 12.7. The third-order valence-corrected chi connectivity index (χ3v) is 5.01. The first-order valence-corrected chi connectivity index (χ1v) is 7.91. The van der Waals surface area contributed by atoms with Gasteiger partial charge in [0, 0.05) is 32.2 Å². The average molecular weight is 289 g/mol. The summed E-state index contributed by atoms with van der Waals surface area (Å²) in [7, 11) is 1.81. The molecule has 1 spiro atoms.